The predicted octanol–water partition coefficient (Wildman–Crippen LogP) is 0.895. The molecule has 0 aliphatic heterocycles. The first kappa shape index (κ1) is 11.9. The van der Waals surface area contributed by atoms with Gasteiger partial charge in [-0.1, -0.05) is 6.92 Å². The van der Waals surface area contributed by atoms with E-state index >= 15 is 0 Å². The van der Waals surface area contributed by atoms with Gasteiger partial charge in [0.05, 0.1) is 13.2 Å². The molecule has 0 fully saturated rings. The van der Waals surface area contributed by atoms with Gasteiger partial charge in [-0.05, 0) is 12.3 Å². The average molecular weight is 175 g/mol. The largest absolute Gasteiger partial charge is 0.384 e. The molecular formula is C9H21NO2. The molecular weight excluding hydrogens is 154 g/mol. The molecule has 74 valence electrons. The lowest BCUT2D eigenvalue weighted by molar-refractivity contribution is 0.145. The molecule has 0 spiro atoms. The number of methoxy groups -OCH3 is 2. The molecule has 0 heterocycles. The maximum absolute atomic E-state index is 5.08. The van der Waals surface area contributed by atoms with Crippen molar-refractivity contribution in [1.82, 2.24) is 5.32 Å². The molecule has 3 nitrogen and oxygen atoms in total. The standard InChI is InChI=1S/C9H21NO2/c1-4-9(8-12-3)7-10-5-6-11-2/h9-10H,4-8H2,1-3H3. The van der Waals surface area contributed by atoms with E-state index in [0.717, 1.165) is 32.7 Å². The number of hydrogen-bond acceptors (Lipinski definition) is 3. The number of rotatable bonds is 8. The molecule has 0 bridgehead atoms. The molecule has 1 unspecified atom stereocenters. The first-order valence-electron chi connectivity index (χ1n) is 4.53. The van der Waals surface area contributed by atoms with Gasteiger partial charge in [0.1, 0.15) is 0 Å². The average Bonchev–Trinajstić information content (AvgIpc) is 2.10. The van der Waals surface area contributed by atoms with Gasteiger partial charge >= 0.3 is 0 Å². The second-order valence-corrected chi connectivity index (χ2v) is 2.93. The summed E-state index contributed by atoms with van der Waals surface area (Å²) >= 11 is 0. The van der Waals surface area contributed by atoms with Gasteiger partial charge in [0.25, 0.3) is 0 Å². The monoisotopic (exact) mass is 175 g/mol. The van der Waals surface area contributed by atoms with Crippen LogP contribution in [0.3, 0.4) is 0 Å². The van der Waals surface area contributed by atoms with Crippen molar-refractivity contribution in [2.75, 3.05) is 40.5 Å². The number of ether oxygens (including phenoxy) is 2. The van der Waals surface area contributed by atoms with Crippen molar-refractivity contribution in [3.05, 3.63) is 0 Å². The summed E-state index contributed by atoms with van der Waals surface area (Å²) in [7, 11) is 3.46. The Balaban J connectivity index is 3.19. The summed E-state index contributed by atoms with van der Waals surface area (Å²) in [5.41, 5.74) is 0. The molecule has 0 rings (SSSR count). The SMILES string of the molecule is CCC(CNCCOC)COC. The number of nitrogens with one attached hydrogen (secondary N) is 1. The molecule has 0 aliphatic carbocycles. The molecule has 0 aliphatic rings. The van der Waals surface area contributed by atoms with Crippen LogP contribution in [-0.2, 0) is 9.47 Å². The van der Waals surface area contributed by atoms with E-state index in [4.69, 9.17) is 9.47 Å². The van der Waals surface area contributed by atoms with Crippen molar-refractivity contribution < 1.29 is 9.47 Å². The van der Waals surface area contributed by atoms with Crippen LogP contribution in [0.15, 0.2) is 0 Å². The summed E-state index contributed by atoms with van der Waals surface area (Å²) in [5.74, 6) is 0.631. The van der Waals surface area contributed by atoms with Crippen LogP contribution in [0.2, 0.25) is 0 Å². The van der Waals surface area contributed by atoms with Gasteiger partial charge in [0.15, 0.2) is 0 Å². The van der Waals surface area contributed by atoms with E-state index in [1.165, 1.54) is 0 Å². The Labute approximate surface area is 75.4 Å². The minimum atomic E-state index is 0.631. The summed E-state index contributed by atoms with van der Waals surface area (Å²) in [6.07, 6.45) is 1.16. The zero-order valence-corrected chi connectivity index (χ0v) is 8.43. The predicted molar refractivity (Wildman–Crippen MR) is 50.4 cm³/mol. The maximum atomic E-state index is 5.08. The van der Waals surface area contributed by atoms with Crippen molar-refractivity contribution in [2.24, 2.45) is 5.92 Å². The lowest BCUT2D eigenvalue weighted by Gasteiger charge is -2.13. The highest BCUT2D eigenvalue weighted by atomic mass is 16.5. The zero-order chi connectivity index (χ0) is 9.23. The Kier molecular flexibility index (Phi) is 8.88. The van der Waals surface area contributed by atoms with Gasteiger partial charge in [-0.2, -0.15) is 0 Å². The fourth-order valence-corrected chi connectivity index (χ4v) is 1.04. The molecule has 3 heteroatoms. The van der Waals surface area contributed by atoms with Gasteiger partial charge in [-0.15, -0.1) is 0 Å². The van der Waals surface area contributed by atoms with E-state index in [1.54, 1.807) is 14.2 Å². The summed E-state index contributed by atoms with van der Waals surface area (Å²) < 4.78 is 10.0. The molecule has 0 aromatic rings. The topological polar surface area (TPSA) is 30.5 Å². The van der Waals surface area contributed by atoms with Crippen molar-refractivity contribution in [1.29, 1.82) is 0 Å². The summed E-state index contributed by atoms with van der Waals surface area (Å²) in [5, 5.41) is 3.32. The summed E-state index contributed by atoms with van der Waals surface area (Å²) in [6, 6.07) is 0. The van der Waals surface area contributed by atoms with Crippen LogP contribution in [0.25, 0.3) is 0 Å². The van der Waals surface area contributed by atoms with E-state index < -0.39 is 0 Å². The van der Waals surface area contributed by atoms with Crippen LogP contribution in [0, 0.1) is 5.92 Å². The van der Waals surface area contributed by atoms with E-state index in [2.05, 4.69) is 12.2 Å². The van der Waals surface area contributed by atoms with Crippen LogP contribution in [0.4, 0.5) is 0 Å². The lowest BCUT2D eigenvalue weighted by Crippen LogP contribution is -2.28. The lowest BCUT2D eigenvalue weighted by atomic mass is 10.1. The molecule has 0 aromatic heterocycles. The van der Waals surface area contributed by atoms with E-state index in [1.807, 2.05) is 0 Å². The Bertz CT molecular complexity index is 88.6. The fraction of sp³-hybridized carbons (Fsp3) is 1.00. The van der Waals surface area contributed by atoms with E-state index in [0.29, 0.717) is 5.92 Å². The highest BCUT2D eigenvalue weighted by Crippen LogP contribution is 1.99. The molecule has 0 saturated carbocycles. The van der Waals surface area contributed by atoms with Crippen LogP contribution < -0.4 is 5.32 Å². The first-order chi connectivity index (χ1) is 5.85. The number of hydrogen-bond donors (Lipinski definition) is 1. The molecule has 0 amide bonds. The molecule has 1 atom stereocenters. The smallest absolute Gasteiger partial charge is 0.0587 e. The second-order valence-electron chi connectivity index (χ2n) is 2.93. The minimum absolute atomic E-state index is 0.631. The van der Waals surface area contributed by atoms with Crippen LogP contribution in [0.5, 0.6) is 0 Å². The van der Waals surface area contributed by atoms with Crippen LogP contribution in [0.1, 0.15) is 13.3 Å². The van der Waals surface area contributed by atoms with E-state index in [9.17, 15) is 0 Å². The minimum Gasteiger partial charge on any atom is -0.384 e. The zero-order valence-electron chi connectivity index (χ0n) is 8.43. The Hall–Kier alpha value is -0.120. The Morgan fingerprint density at radius 1 is 1.25 bits per heavy atom. The highest BCUT2D eigenvalue weighted by Gasteiger charge is 2.03. The third-order valence-electron chi connectivity index (χ3n) is 1.90. The Morgan fingerprint density at radius 2 is 2.00 bits per heavy atom. The summed E-state index contributed by atoms with van der Waals surface area (Å²) in [4.78, 5) is 0. The van der Waals surface area contributed by atoms with Crippen molar-refractivity contribution in [2.45, 2.75) is 13.3 Å². The van der Waals surface area contributed by atoms with Gasteiger partial charge < -0.3 is 14.8 Å². The van der Waals surface area contributed by atoms with Gasteiger partial charge in [-0.25, -0.2) is 0 Å². The third kappa shape index (κ3) is 6.58. The van der Waals surface area contributed by atoms with Gasteiger partial charge in [-0.3, -0.25) is 0 Å². The quantitative estimate of drug-likeness (QED) is 0.556. The highest BCUT2D eigenvalue weighted by molar-refractivity contribution is 4.59. The van der Waals surface area contributed by atoms with Crippen LogP contribution in [-0.4, -0.2) is 40.5 Å². The van der Waals surface area contributed by atoms with Crippen molar-refractivity contribution >= 4 is 0 Å². The molecule has 0 saturated heterocycles. The fourth-order valence-electron chi connectivity index (χ4n) is 1.04. The van der Waals surface area contributed by atoms with Gasteiger partial charge in [0, 0.05) is 27.3 Å². The van der Waals surface area contributed by atoms with Crippen molar-refractivity contribution in [3.8, 4) is 0 Å². The normalized spacial score (nSPS) is 13.2. The maximum Gasteiger partial charge on any atom is 0.0587 e. The molecule has 12 heavy (non-hydrogen) atoms. The molecule has 1 N–H and O–H groups in total. The first-order valence-corrected chi connectivity index (χ1v) is 4.53. The van der Waals surface area contributed by atoms with Gasteiger partial charge in [0.2, 0.25) is 0 Å². The molecule has 0 radical (unpaired) electrons. The molecule has 0 aromatic carbocycles. The Morgan fingerprint density at radius 3 is 2.50 bits per heavy atom. The second kappa shape index (κ2) is 8.97. The van der Waals surface area contributed by atoms with E-state index in [-0.39, 0.29) is 0 Å². The summed E-state index contributed by atoms with van der Waals surface area (Å²) in [6.45, 7) is 5.76. The van der Waals surface area contributed by atoms with Crippen LogP contribution >= 0.6 is 0 Å². The van der Waals surface area contributed by atoms with Crippen molar-refractivity contribution in [3.63, 3.8) is 0 Å². The third-order valence-corrected chi connectivity index (χ3v) is 1.90.